The first-order chi connectivity index (χ1) is 10.5. The van der Waals surface area contributed by atoms with E-state index in [0.717, 1.165) is 0 Å². The van der Waals surface area contributed by atoms with Crippen LogP contribution in [0.15, 0.2) is 42.5 Å². The number of hydrogen-bond donors (Lipinski definition) is 2. The number of carbonyl (C=O) groups excluding carboxylic acids is 2. The van der Waals surface area contributed by atoms with Crippen molar-refractivity contribution >= 4 is 46.4 Å². The van der Waals surface area contributed by atoms with Gasteiger partial charge in [-0.05, 0) is 42.5 Å². The van der Waals surface area contributed by atoms with Gasteiger partial charge in [0.15, 0.2) is 0 Å². The second-order valence-electron chi connectivity index (χ2n) is 4.56. The van der Waals surface area contributed by atoms with Crippen molar-refractivity contribution in [3.05, 3.63) is 58.1 Å². The van der Waals surface area contributed by atoms with Gasteiger partial charge in [0.05, 0.1) is 10.6 Å². The highest BCUT2D eigenvalue weighted by atomic mass is 35.5. The Bertz CT molecular complexity index is 700. The van der Waals surface area contributed by atoms with Gasteiger partial charge in [0.1, 0.15) is 0 Å². The van der Waals surface area contributed by atoms with Crippen LogP contribution in [0, 0.1) is 0 Å². The maximum atomic E-state index is 12.2. The quantitative estimate of drug-likeness (QED) is 0.857. The third-order valence-electron chi connectivity index (χ3n) is 2.92. The molecule has 0 aliphatic carbocycles. The van der Waals surface area contributed by atoms with Crippen molar-refractivity contribution in [3.63, 3.8) is 0 Å². The third-order valence-corrected chi connectivity index (χ3v) is 3.49. The van der Waals surface area contributed by atoms with Crippen LogP contribution in [-0.2, 0) is 4.79 Å². The Balaban J connectivity index is 2.08. The zero-order chi connectivity index (χ0) is 16.1. The van der Waals surface area contributed by atoms with E-state index in [0.29, 0.717) is 33.4 Å². The summed E-state index contributed by atoms with van der Waals surface area (Å²) in [4.78, 5) is 23.5. The van der Waals surface area contributed by atoms with Crippen LogP contribution in [0.4, 0.5) is 11.4 Å². The molecule has 0 heterocycles. The summed E-state index contributed by atoms with van der Waals surface area (Å²) in [6.45, 7) is 1.78. The van der Waals surface area contributed by atoms with Crippen LogP contribution in [0.3, 0.4) is 0 Å². The van der Waals surface area contributed by atoms with E-state index in [-0.39, 0.29) is 11.8 Å². The Morgan fingerprint density at radius 1 is 0.955 bits per heavy atom. The lowest BCUT2D eigenvalue weighted by atomic mass is 10.2. The molecule has 114 valence electrons. The lowest BCUT2D eigenvalue weighted by Gasteiger charge is -2.08. The highest BCUT2D eigenvalue weighted by Crippen LogP contribution is 2.22. The molecule has 2 rings (SSSR count). The molecule has 2 aromatic carbocycles. The Hall–Kier alpha value is -2.04. The van der Waals surface area contributed by atoms with E-state index in [2.05, 4.69) is 10.6 Å². The summed E-state index contributed by atoms with van der Waals surface area (Å²) in [5.41, 5.74) is 1.57. The largest absolute Gasteiger partial charge is 0.326 e. The standard InChI is InChI=1S/C16H14Cl2N2O2/c1-2-15(21)19-11-4-6-12(7-5-11)20-16(22)13-9-10(17)3-8-14(13)18/h3-9H,2H2,1H3,(H,19,21)(H,20,22). The summed E-state index contributed by atoms with van der Waals surface area (Å²) in [5.74, 6) is -0.416. The van der Waals surface area contributed by atoms with E-state index in [9.17, 15) is 9.59 Å². The van der Waals surface area contributed by atoms with Crippen LogP contribution in [0.5, 0.6) is 0 Å². The fourth-order valence-corrected chi connectivity index (χ4v) is 2.13. The minimum Gasteiger partial charge on any atom is -0.326 e. The van der Waals surface area contributed by atoms with Gasteiger partial charge in [0.2, 0.25) is 5.91 Å². The molecule has 0 bridgehead atoms. The lowest BCUT2D eigenvalue weighted by Crippen LogP contribution is -2.13. The van der Waals surface area contributed by atoms with Crippen LogP contribution in [0.1, 0.15) is 23.7 Å². The molecule has 2 amide bonds. The van der Waals surface area contributed by atoms with Gasteiger partial charge in [-0.25, -0.2) is 0 Å². The van der Waals surface area contributed by atoms with Gasteiger partial charge >= 0.3 is 0 Å². The Labute approximate surface area is 138 Å². The van der Waals surface area contributed by atoms with Crippen molar-refractivity contribution in [3.8, 4) is 0 Å². The molecule has 0 aliphatic rings. The van der Waals surface area contributed by atoms with Gasteiger partial charge in [-0.2, -0.15) is 0 Å². The SMILES string of the molecule is CCC(=O)Nc1ccc(NC(=O)c2cc(Cl)ccc2Cl)cc1. The predicted octanol–water partition coefficient (Wildman–Crippen LogP) is 4.59. The summed E-state index contributed by atoms with van der Waals surface area (Å²) in [6, 6.07) is 11.5. The van der Waals surface area contributed by atoms with Crippen LogP contribution < -0.4 is 10.6 Å². The summed E-state index contributed by atoms with van der Waals surface area (Å²) >= 11 is 11.9. The van der Waals surface area contributed by atoms with Crippen LogP contribution in [0.2, 0.25) is 10.0 Å². The average molecular weight is 337 g/mol. The van der Waals surface area contributed by atoms with E-state index in [1.54, 1.807) is 43.3 Å². The van der Waals surface area contributed by atoms with Crippen LogP contribution in [-0.4, -0.2) is 11.8 Å². The lowest BCUT2D eigenvalue weighted by molar-refractivity contribution is -0.115. The van der Waals surface area contributed by atoms with Crippen molar-refractivity contribution < 1.29 is 9.59 Å². The van der Waals surface area contributed by atoms with Crippen molar-refractivity contribution in [1.29, 1.82) is 0 Å². The third kappa shape index (κ3) is 4.23. The topological polar surface area (TPSA) is 58.2 Å². The number of hydrogen-bond acceptors (Lipinski definition) is 2. The molecule has 4 nitrogen and oxygen atoms in total. The Morgan fingerprint density at radius 3 is 2.14 bits per heavy atom. The zero-order valence-electron chi connectivity index (χ0n) is 11.8. The minimum absolute atomic E-state index is 0.0671. The first-order valence-electron chi connectivity index (χ1n) is 6.66. The Morgan fingerprint density at radius 2 is 1.55 bits per heavy atom. The Kier molecular flexibility index (Phi) is 5.41. The van der Waals surface area contributed by atoms with E-state index in [1.807, 2.05) is 0 Å². The molecule has 0 spiro atoms. The molecule has 0 saturated carbocycles. The molecule has 0 fully saturated rings. The molecule has 2 N–H and O–H groups in total. The number of anilines is 2. The number of amides is 2. The summed E-state index contributed by atoms with van der Waals surface area (Å²) in [5, 5.41) is 6.22. The molecule has 0 aliphatic heterocycles. The number of carbonyl (C=O) groups is 2. The zero-order valence-corrected chi connectivity index (χ0v) is 13.3. The summed E-state index contributed by atoms with van der Waals surface area (Å²) in [6.07, 6.45) is 0.408. The van der Waals surface area contributed by atoms with Gasteiger partial charge in [-0.15, -0.1) is 0 Å². The van der Waals surface area contributed by atoms with Crippen LogP contribution >= 0.6 is 23.2 Å². The molecule has 0 atom stereocenters. The molecule has 0 radical (unpaired) electrons. The molecular formula is C16H14Cl2N2O2. The first kappa shape index (κ1) is 16.3. The van der Waals surface area contributed by atoms with Gasteiger partial charge in [-0.1, -0.05) is 30.1 Å². The van der Waals surface area contributed by atoms with E-state index >= 15 is 0 Å². The molecule has 0 aromatic heterocycles. The molecular weight excluding hydrogens is 323 g/mol. The van der Waals surface area contributed by atoms with Crippen molar-refractivity contribution in [2.45, 2.75) is 13.3 Å². The normalized spacial score (nSPS) is 10.1. The fraction of sp³-hybridized carbons (Fsp3) is 0.125. The van der Waals surface area contributed by atoms with Crippen molar-refractivity contribution in [2.24, 2.45) is 0 Å². The minimum atomic E-state index is -0.349. The van der Waals surface area contributed by atoms with Gasteiger partial charge in [0.25, 0.3) is 5.91 Å². The van der Waals surface area contributed by atoms with E-state index in [4.69, 9.17) is 23.2 Å². The molecule has 2 aromatic rings. The van der Waals surface area contributed by atoms with Gasteiger partial charge < -0.3 is 10.6 Å². The summed E-state index contributed by atoms with van der Waals surface area (Å²) in [7, 11) is 0. The number of nitrogens with one attached hydrogen (secondary N) is 2. The number of halogens is 2. The first-order valence-corrected chi connectivity index (χ1v) is 7.41. The van der Waals surface area contributed by atoms with Gasteiger partial charge in [-0.3, -0.25) is 9.59 Å². The predicted molar refractivity (Wildman–Crippen MR) is 89.8 cm³/mol. The van der Waals surface area contributed by atoms with E-state index < -0.39 is 0 Å². The van der Waals surface area contributed by atoms with Gasteiger partial charge in [0, 0.05) is 22.8 Å². The number of rotatable bonds is 4. The average Bonchev–Trinajstić information content (AvgIpc) is 2.51. The van der Waals surface area contributed by atoms with Crippen molar-refractivity contribution in [1.82, 2.24) is 0 Å². The highest BCUT2D eigenvalue weighted by molar-refractivity contribution is 6.36. The molecule has 0 saturated heterocycles. The molecule has 6 heteroatoms. The fourth-order valence-electron chi connectivity index (χ4n) is 1.76. The smallest absolute Gasteiger partial charge is 0.257 e. The molecule has 22 heavy (non-hydrogen) atoms. The maximum absolute atomic E-state index is 12.2. The summed E-state index contributed by atoms with van der Waals surface area (Å²) < 4.78 is 0. The maximum Gasteiger partial charge on any atom is 0.257 e. The number of benzene rings is 2. The van der Waals surface area contributed by atoms with Crippen LogP contribution in [0.25, 0.3) is 0 Å². The second kappa shape index (κ2) is 7.29. The highest BCUT2D eigenvalue weighted by Gasteiger charge is 2.11. The van der Waals surface area contributed by atoms with E-state index in [1.165, 1.54) is 6.07 Å². The van der Waals surface area contributed by atoms with Crippen molar-refractivity contribution in [2.75, 3.05) is 10.6 Å². The second-order valence-corrected chi connectivity index (χ2v) is 5.40. The molecule has 0 unspecified atom stereocenters. The monoisotopic (exact) mass is 336 g/mol.